The van der Waals surface area contributed by atoms with Crippen molar-refractivity contribution in [2.75, 3.05) is 46.4 Å². The number of aromatic nitrogens is 2. The van der Waals surface area contributed by atoms with Crippen molar-refractivity contribution in [3.8, 4) is 0 Å². The lowest BCUT2D eigenvalue weighted by atomic mass is 9.96. The van der Waals surface area contributed by atoms with Crippen molar-refractivity contribution in [3.63, 3.8) is 0 Å². The van der Waals surface area contributed by atoms with Gasteiger partial charge < -0.3 is 30.1 Å². The molecular formula is C27H37N5O7. The van der Waals surface area contributed by atoms with Crippen LogP contribution in [0.15, 0.2) is 24.3 Å². The Morgan fingerprint density at radius 1 is 1.05 bits per heavy atom. The molecule has 2 aromatic rings. The van der Waals surface area contributed by atoms with Crippen molar-refractivity contribution in [1.29, 1.82) is 0 Å². The minimum absolute atomic E-state index is 0.0650. The summed E-state index contributed by atoms with van der Waals surface area (Å²) in [5, 5.41) is 23.5. The molecule has 1 aliphatic carbocycles. The number of nitrogens with zero attached hydrogens (tertiary/aromatic N) is 4. The number of hydrogen-bond donors (Lipinski definition) is 3. The molecule has 0 spiro atoms. The van der Waals surface area contributed by atoms with Crippen molar-refractivity contribution in [2.45, 2.75) is 32.7 Å². The fraction of sp³-hybridized carbons (Fsp3) is 0.593. The number of ether oxygens (including phenoxy) is 1. The van der Waals surface area contributed by atoms with Crippen LogP contribution in [0.2, 0.25) is 0 Å². The number of amides is 2. The summed E-state index contributed by atoms with van der Waals surface area (Å²) >= 11 is 0. The SMILES string of the molecule is COC(=O)N1CCC(CN2CC3C(CNC(=O)c4nn(C(C)C)c5ccccc45)C3C2)CC1.O=C(O)C(=O)O. The van der Waals surface area contributed by atoms with Crippen LogP contribution in [-0.4, -0.2) is 100 Å². The number of carbonyl (C=O) groups excluding carboxylic acids is 2. The molecule has 3 aliphatic rings. The van der Waals surface area contributed by atoms with E-state index in [1.165, 1.54) is 7.11 Å². The highest BCUT2D eigenvalue weighted by Gasteiger charge is 2.55. The molecule has 3 N–H and O–H groups in total. The first-order valence-electron chi connectivity index (χ1n) is 13.4. The number of carbonyl (C=O) groups is 4. The molecule has 12 nitrogen and oxygen atoms in total. The third-order valence-electron chi connectivity index (χ3n) is 8.01. The third kappa shape index (κ3) is 6.49. The van der Waals surface area contributed by atoms with Crippen LogP contribution < -0.4 is 5.32 Å². The van der Waals surface area contributed by atoms with Crippen LogP contribution in [0.1, 0.15) is 43.2 Å². The van der Waals surface area contributed by atoms with E-state index in [0.717, 1.165) is 63.0 Å². The van der Waals surface area contributed by atoms with Crippen molar-refractivity contribution >= 4 is 34.8 Å². The number of aliphatic carboxylic acids is 2. The minimum Gasteiger partial charge on any atom is -0.473 e. The molecule has 212 valence electrons. The maximum Gasteiger partial charge on any atom is 0.414 e. The molecule has 2 aliphatic heterocycles. The molecule has 2 saturated heterocycles. The second-order valence-corrected chi connectivity index (χ2v) is 10.8. The summed E-state index contributed by atoms with van der Waals surface area (Å²) < 4.78 is 6.77. The molecule has 2 amide bonds. The molecule has 0 bridgehead atoms. The normalized spacial score (nSPS) is 22.7. The van der Waals surface area contributed by atoms with E-state index in [-0.39, 0.29) is 18.0 Å². The lowest BCUT2D eigenvalue weighted by Crippen LogP contribution is -2.41. The molecule has 3 heterocycles. The van der Waals surface area contributed by atoms with Gasteiger partial charge in [0.2, 0.25) is 0 Å². The van der Waals surface area contributed by atoms with Gasteiger partial charge in [0.05, 0.1) is 12.6 Å². The van der Waals surface area contributed by atoms with Gasteiger partial charge in [0.15, 0.2) is 5.69 Å². The standard InChI is InChI=1S/C25H35N5O3.C2H2O4/c1-16(2)30-22-7-5-4-6-18(22)23(27-30)24(31)26-12-19-20-14-28(15-21(19)20)13-17-8-10-29(11-9-17)25(32)33-3;3-1(4)2(5)6/h4-7,16-17,19-21H,8-15H2,1-3H3,(H,26,31);(H,3,4)(H,5,6). The highest BCUT2D eigenvalue weighted by molar-refractivity contribution is 6.27. The number of methoxy groups -OCH3 is 1. The maximum atomic E-state index is 12.9. The van der Waals surface area contributed by atoms with Gasteiger partial charge in [-0.1, -0.05) is 18.2 Å². The molecule has 1 aromatic heterocycles. The topological polar surface area (TPSA) is 154 Å². The fourth-order valence-corrected chi connectivity index (χ4v) is 5.93. The first kappa shape index (κ1) is 28.3. The predicted octanol–water partition coefficient (Wildman–Crippen LogP) is 2.16. The Hall–Kier alpha value is -3.67. The molecule has 12 heteroatoms. The quantitative estimate of drug-likeness (QED) is 0.465. The predicted molar refractivity (Wildman–Crippen MR) is 141 cm³/mol. The van der Waals surface area contributed by atoms with E-state index in [4.69, 9.17) is 24.5 Å². The number of para-hydroxylation sites is 1. The molecule has 3 fully saturated rings. The molecule has 1 aromatic carbocycles. The number of nitrogens with one attached hydrogen (secondary N) is 1. The van der Waals surface area contributed by atoms with Gasteiger partial charge in [0.1, 0.15) is 0 Å². The highest BCUT2D eigenvalue weighted by Crippen LogP contribution is 2.51. The number of hydrogen-bond acceptors (Lipinski definition) is 7. The molecular weight excluding hydrogens is 506 g/mol. The zero-order valence-corrected chi connectivity index (χ0v) is 22.6. The number of piperidine rings is 2. The van der Waals surface area contributed by atoms with Gasteiger partial charge in [-0.25, -0.2) is 14.4 Å². The van der Waals surface area contributed by atoms with E-state index in [1.54, 1.807) is 0 Å². The van der Waals surface area contributed by atoms with Crippen LogP contribution >= 0.6 is 0 Å². The lowest BCUT2D eigenvalue weighted by molar-refractivity contribution is -0.159. The number of benzene rings is 1. The molecule has 0 radical (unpaired) electrons. The second-order valence-electron chi connectivity index (χ2n) is 10.8. The van der Waals surface area contributed by atoms with Crippen molar-refractivity contribution < 1.29 is 34.1 Å². The summed E-state index contributed by atoms with van der Waals surface area (Å²) in [5.74, 6) is -1.07. The van der Waals surface area contributed by atoms with E-state index in [1.807, 2.05) is 33.8 Å². The Morgan fingerprint density at radius 2 is 1.67 bits per heavy atom. The number of carboxylic acid groups (broad SMARTS) is 2. The Balaban J connectivity index is 0.000000531. The molecule has 1 saturated carbocycles. The van der Waals surface area contributed by atoms with Gasteiger partial charge in [-0.2, -0.15) is 5.10 Å². The maximum absolute atomic E-state index is 12.9. The van der Waals surface area contributed by atoms with E-state index < -0.39 is 11.9 Å². The van der Waals surface area contributed by atoms with E-state index in [0.29, 0.717) is 29.4 Å². The number of rotatable bonds is 6. The summed E-state index contributed by atoms with van der Waals surface area (Å²) in [6.45, 7) is 9.89. The number of fused-ring (bicyclic) bond motifs is 2. The second kappa shape index (κ2) is 12.0. The van der Waals surface area contributed by atoms with E-state index >= 15 is 0 Å². The smallest absolute Gasteiger partial charge is 0.414 e. The van der Waals surface area contributed by atoms with Crippen LogP contribution in [0.25, 0.3) is 10.9 Å². The van der Waals surface area contributed by atoms with E-state index in [9.17, 15) is 9.59 Å². The monoisotopic (exact) mass is 543 g/mol. The Morgan fingerprint density at radius 3 is 2.23 bits per heavy atom. The van der Waals surface area contributed by atoms with Gasteiger partial charge in [0.25, 0.3) is 5.91 Å². The average molecular weight is 544 g/mol. The van der Waals surface area contributed by atoms with E-state index in [2.05, 4.69) is 29.2 Å². The Bertz CT molecular complexity index is 1200. The first-order chi connectivity index (χ1) is 18.6. The van der Waals surface area contributed by atoms with Gasteiger partial charge in [-0.15, -0.1) is 0 Å². The highest BCUT2D eigenvalue weighted by atomic mass is 16.5. The number of likely N-dealkylation sites (tertiary alicyclic amines) is 2. The summed E-state index contributed by atoms with van der Waals surface area (Å²) in [6, 6.07) is 8.17. The molecule has 2 atom stereocenters. The molecule has 2 unspecified atom stereocenters. The zero-order chi connectivity index (χ0) is 28.3. The average Bonchev–Trinajstić information content (AvgIpc) is 3.23. The molecule has 39 heavy (non-hydrogen) atoms. The Kier molecular flexibility index (Phi) is 8.73. The van der Waals surface area contributed by atoms with Gasteiger partial charge in [0, 0.05) is 50.7 Å². The fourth-order valence-electron chi connectivity index (χ4n) is 5.93. The van der Waals surface area contributed by atoms with Crippen LogP contribution in [0, 0.1) is 23.7 Å². The van der Waals surface area contributed by atoms with Crippen LogP contribution in [-0.2, 0) is 14.3 Å². The first-order valence-corrected chi connectivity index (χ1v) is 13.4. The van der Waals surface area contributed by atoms with Gasteiger partial charge in [-0.3, -0.25) is 9.48 Å². The Labute approximate surface area is 226 Å². The van der Waals surface area contributed by atoms with Crippen LogP contribution in [0.4, 0.5) is 4.79 Å². The van der Waals surface area contributed by atoms with Crippen LogP contribution in [0.5, 0.6) is 0 Å². The van der Waals surface area contributed by atoms with Crippen LogP contribution in [0.3, 0.4) is 0 Å². The lowest BCUT2D eigenvalue weighted by Gasteiger charge is -2.33. The van der Waals surface area contributed by atoms with Gasteiger partial charge in [-0.05, 0) is 56.4 Å². The zero-order valence-electron chi connectivity index (χ0n) is 22.6. The van der Waals surface area contributed by atoms with Crippen molar-refractivity contribution in [1.82, 2.24) is 24.9 Å². The van der Waals surface area contributed by atoms with Crippen molar-refractivity contribution in [3.05, 3.63) is 30.0 Å². The number of carboxylic acids is 2. The summed E-state index contributed by atoms with van der Waals surface area (Å²) in [6.07, 6.45) is 1.90. The van der Waals surface area contributed by atoms with Crippen molar-refractivity contribution in [2.24, 2.45) is 23.7 Å². The largest absolute Gasteiger partial charge is 0.473 e. The van der Waals surface area contributed by atoms with Gasteiger partial charge >= 0.3 is 18.0 Å². The summed E-state index contributed by atoms with van der Waals surface area (Å²) in [7, 11) is 1.45. The summed E-state index contributed by atoms with van der Waals surface area (Å²) in [5.41, 5.74) is 1.54. The summed E-state index contributed by atoms with van der Waals surface area (Å²) in [4.78, 5) is 47.2. The third-order valence-corrected chi connectivity index (χ3v) is 8.01. The minimum atomic E-state index is -1.82. The molecule has 5 rings (SSSR count).